The number of nitrogens with zero attached hydrogens (tertiary/aromatic N) is 4. The summed E-state index contributed by atoms with van der Waals surface area (Å²) in [5, 5.41) is 10.9. The molecule has 1 fully saturated rings. The molecule has 0 unspecified atom stereocenters. The molecule has 7 nitrogen and oxygen atoms in total. The molecule has 3 heterocycles. The normalized spacial score (nSPS) is 18.2. The van der Waals surface area contributed by atoms with Gasteiger partial charge in [-0.3, -0.25) is 0 Å². The Hall–Kier alpha value is -1.93. The van der Waals surface area contributed by atoms with Gasteiger partial charge in [-0.15, -0.1) is 21.5 Å². The van der Waals surface area contributed by atoms with Gasteiger partial charge in [-0.1, -0.05) is 6.92 Å². The van der Waals surface area contributed by atoms with Crippen molar-refractivity contribution in [2.45, 2.75) is 26.0 Å². The molecule has 0 bridgehead atoms. The van der Waals surface area contributed by atoms with Crippen LogP contribution in [0.15, 0.2) is 18.5 Å². The fraction of sp³-hybridized carbons (Fsp3) is 0.533. The van der Waals surface area contributed by atoms with E-state index in [2.05, 4.69) is 34.6 Å². The van der Waals surface area contributed by atoms with Gasteiger partial charge in [-0.05, 0) is 18.6 Å². The maximum Gasteiger partial charge on any atom is 0.317 e. The minimum absolute atomic E-state index is 0.0630. The van der Waals surface area contributed by atoms with Crippen molar-refractivity contribution in [1.82, 2.24) is 25.0 Å². The maximum absolute atomic E-state index is 12.4. The second-order valence-electron chi connectivity index (χ2n) is 5.49. The molecule has 0 aliphatic carbocycles. The van der Waals surface area contributed by atoms with Crippen LogP contribution in [-0.2, 0) is 24.8 Å². The van der Waals surface area contributed by atoms with Gasteiger partial charge in [0, 0.05) is 23.3 Å². The van der Waals surface area contributed by atoms with Crippen molar-refractivity contribution in [3.63, 3.8) is 0 Å². The number of hydrogen-bond acceptors (Lipinski definition) is 5. The molecule has 1 atom stereocenters. The lowest BCUT2D eigenvalue weighted by Gasteiger charge is -2.32. The van der Waals surface area contributed by atoms with Crippen LogP contribution in [0, 0.1) is 0 Å². The average molecular weight is 335 g/mol. The molecule has 1 saturated heterocycles. The van der Waals surface area contributed by atoms with Crippen molar-refractivity contribution in [1.29, 1.82) is 0 Å². The monoisotopic (exact) mass is 335 g/mol. The zero-order valence-corrected chi connectivity index (χ0v) is 14.2. The number of urea groups is 1. The van der Waals surface area contributed by atoms with E-state index in [1.54, 1.807) is 22.6 Å². The number of rotatable bonds is 4. The standard InChI is InChI=1S/C15H21N5O2S/c1-3-11-4-5-12(23-11)8-16-15(21)20-6-7-22-13(9-20)14-18-17-10-19(14)2/h4-5,10,13H,3,6-9H2,1-2H3,(H,16,21)/t13-/m0/s1. The maximum atomic E-state index is 12.4. The van der Waals surface area contributed by atoms with Gasteiger partial charge in [0.25, 0.3) is 0 Å². The van der Waals surface area contributed by atoms with Crippen LogP contribution in [0.5, 0.6) is 0 Å². The summed E-state index contributed by atoms with van der Waals surface area (Å²) in [4.78, 5) is 16.7. The van der Waals surface area contributed by atoms with Gasteiger partial charge in [0.15, 0.2) is 5.82 Å². The molecular formula is C15H21N5O2S. The Balaban J connectivity index is 1.55. The van der Waals surface area contributed by atoms with Crippen LogP contribution in [0.1, 0.15) is 28.6 Å². The predicted octanol–water partition coefficient (Wildman–Crippen LogP) is 1.72. The molecule has 2 amide bonds. The number of carbonyl (C=O) groups excluding carboxylic acids is 1. The summed E-state index contributed by atoms with van der Waals surface area (Å²) in [7, 11) is 1.87. The number of morpholine rings is 1. The first kappa shape index (κ1) is 15.9. The molecule has 23 heavy (non-hydrogen) atoms. The van der Waals surface area contributed by atoms with Crippen LogP contribution in [0.4, 0.5) is 4.79 Å². The number of aryl methyl sites for hydroxylation is 2. The number of amides is 2. The number of carbonyl (C=O) groups is 1. The van der Waals surface area contributed by atoms with E-state index >= 15 is 0 Å². The molecule has 0 saturated carbocycles. The summed E-state index contributed by atoms with van der Waals surface area (Å²) in [5.41, 5.74) is 0. The quantitative estimate of drug-likeness (QED) is 0.923. The summed E-state index contributed by atoms with van der Waals surface area (Å²) < 4.78 is 7.54. The van der Waals surface area contributed by atoms with Crippen molar-refractivity contribution >= 4 is 17.4 Å². The fourth-order valence-corrected chi connectivity index (χ4v) is 3.45. The molecule has 0 radical (unpaired) electrons. The summed E-state index contributed by atoms with van der Waals surface area (Å²) in [6, 6.07) is 4.13. The van der Waals surface area contributed by atoms with Crippen molar-refractivity contribution in [3.05, 3.63) is 34.0 Å². The Labute approximate surface area is 139 Å². The zero-order valence-electron chi connectivity index (χ0n) is 13.4. The van der Waals surface area contributed by atoms with Crippen LogP contribution < -0.4 is 5.32 Å². The lowest BCUT2D eigenvalue weighted by Crippen LogP contribution is -2.47. The van der Waals surface area contributed by atoms with E-state index in [4.69, 9.17) is 4.74 Å². The van der Waals surface area contributed by atoms with Crippen LogP contribution >= 0.6 is 11.3 Å². The lowest BCUT2D eigenvalue weighted by molar-refractivity contribution is -0.0214. The topological polar surface area (TPSA) is 72.3 Å². The van der Waals surface area contributed by atoms with Crippen molar-refractivity contribution in [2.75, 3.05) is 19.7 Å². The molecule has 2 aromatic heterocycles. The van der Waals surface area contributed by atoms with Crippen LogP contribution in [0.3, 0.4) is 0 Å². The largest absolute Gasteiger partial charge is 0.366 e. The first-order chi connectivity index (χ1) is 11.2. The number of hydrogen-bond donors (Lipinski definition) is 1. The second-order valence-corrected chi connectivity index (χ2v) is 6.74. The van der Waals surface area contributed by atoms with Gasteiger partial charge in [0.1, 0.15) is 12.4 Å². The van der Waals surface area contributed by atoms with Crippen molar-refractivity contribution in [3.8, 4) is 0 Å². The third-order valence-electron chi connectivity index (χ3n) is 3.87. The smallest absolute Gasteiger partial charge is 0.317 e. The van der Waals surface area contributed by atoms with Crippen molar-refractivity contribution < 1.29 is 9.53 Å². The first-order valence-corrected chi connectivity index (χ1v) is 8.55. The second kappa shape index (κ2) is 7.10. The van der Waals surface area contributed by atoms with E-state index in [1.807, 2.05) is 11.6 Å². The lowest BCUT2D eigenvalue weighted by atomic mass is 10.2. The molecule has 8 heteroatoms. The predicted molar refractivity (Wildman–Crippen MR) is 87.2 cm³/mol. The molecule has 3 rings (SSSR count). The van der Waals surface area contributed by atoms with Crippen molar-refractivity contribution in [2.24, 2.45) is 7.05 Å². The van der Waals surface area contributed by atoms with Gasteiger partial charge >= 0.3 is 6.03 Å². The molecule has 1 aliphatic heterocycles. The first-order valence-electron chi connectivity index (χ1n) is 7.73. The Morgan fingerprint density at radius 1 is 1.48 bits per heavy atom. The Bertz CT molecular complexity index is 668. The zero-order chi connectivity index (χ0) is 16.2. The fourth-order valence-electron chi connectivity index (χ4n) is 2.56. The SMILES string of the molecule is CCc1ccc(CNC(=O)N2CCO[C@H](c3nncn3C)C2)s1. The van der Waals surface area contributed by atoms with Crippen LogP contribution in [-0.4, -0.2) is 45.4 Å². The number of ether oxygens (including phenoxy) is 1. The van der Waals surface area contributed by atoms with Crippen LogP contribution in [0.25, 0.3) is 0 Å². The number of aromatic nitrogens is 3. The highest BCUT2D eigenvalue weighted by Gasteiger charge is 2.28. The molecule has 2 aromatic rings. The van der Waals surface area contributed by atoms with E-state index in [1.165, 1.54) is 9.75 Å². The van der Waals surface area contributed by atoms with E-state index in [-0.39, 0.29) is 12.1 Å². The number of nitrogens with one attached hydrogen (secondary N) is 1. The van der Waals surface area contributed by atoms with Gasteiger partial charge in [-0.2, -0.15) is 0 Å². The highest BCUT2D eigenvalue weighted by Crippen LogP contribution is 2.20. The van der Waals surface area contributed by atoms with Gasteiger partial charge < -0.3 is 19.5 Å². The van der Waals surface area contributed by atoms with Gasteiger partial charge in [-0.25, -0.2) is 4.79 Å². The van der Waals surface area contributed by atoms with Crippen LogP contribution in [0.2, 0.25) is 0 Å². The third-order valence-corrected chi connectivity index (χ3v) is 5.10. The Morgan fingerprint density at radius 3 is 3.00 bits per heavy atom. The summed E-state index contributed by atoms with van der Waals surface area (Å²) in [5.74, 6) is 0.744. The van der Waals surface area contributed by atoms with E-state index in [0.717, 1.165) is 12.2 Å². The minimum atomic E-state index is -0.226. The molecule has 0 spiro atoms. The Kier molecular flexibility index (Phi) is 4.92. The molecule has 0 aromatic carbocycles. The highest BCUT2D eigenvalue weighted by atomic mass is 32.1. The third kappa shape index (κ3) is 3.70. The summed E-state index contributed by atoms with van der Waals surface area (Å²) in [6.07, 6.45) is 2.44. The Morgan fingerprint density at radius 2 is 2.30 bits per heavy atom. The minimum Gasteiger partial charge on any atom is -0.366 e. The summed E-state index contributed by atoms with van der Waals surface area (Å²) >= 11 is 1.74. The van der Waals surface area contributed by atoms with Gasteiger partial charge in [0.2, 0.25) is 0 Å². The van der Waals surface area contributed by atoms with Gasteiger partial charge in [0.05, 0.1) is 19.7 Å². The average Bonchev–Trinajstić information content (AvgIpc) is 3.21. The molecular weight excluding hydrogens is 314 g/mol. The number of thiophene rings is 1. The van der Waals surface area contributed by atoms with E-state index in [0.29, 0.717) is 26.2 Å². The molecule has 1 aliphatic rings. The highest BCUT2D eigenvalue weighted by molar-refractivity contribution is 7.11. The van der Waals surface area contributed by atoms with E-state index < -0.39 is 0 Å². The van der Waals surface area contributed by atoms with E-state index in [9.17, 15) is 4.79 Å². The summed E-state index contributed by atoms with van der Waals surface area (Å²) in [6.45, 7) is 4.28. The molecule has 1 N–H and O–H groups in total. The molecule has 124 valence electrons.